The van der Waals surface area contributed by atoms with E-state index in [0.717, 1.165) is 15.4 Å². The number of carbonyl (C=O) groups excluding carboxylic acids is 4. The number of amides is 3. The van der Waals surface area contributed by atoms with Crippen LogP contribution in [-0.4, -0.2) is 69.9 Å². The summed E-state index contributed by atoms with van der Waals surface area (Å²) in [5, 5.41) is 12.4. The molecular weight excluding hydrogens is 442 g/mol. The zero-order valence-electron chi connectivity index (χ0n) is 18.2. The van der Waals surface area contributed by atoms with Crippen LogP contribution in [0, 0.1) is 0 Å². The fraction of sp³-hybridized carbons (Fsp3) is 0.292. The second-order valence-electron chi connectivity index (χ2n) is 7.98. The first-order valence-corrected chi connectivity index (χ1v) is 10.8. The number of hydrogen-bond acceptors (Lipinski definition) is 7. The minimum atomic E-state index is -1.53. The zero-order valence-corrected chi connectivity index (χ0v) is 18.2. The molecule has 2 heterocycles. The Balaban J connectivity index is 1.60. The molecule has 0 radical (unpaired) electrons. The van der Waals surface area contributed by atoms with Gasteiger partial charge in [0.1, 0.15) is 18.8 Å². The summed E-state index contributed by atoms with van der Waals surface area (Å²) in [7, 11) is 0. The van der Waals surface area contributed by atoms with Crippen molar-refractivity contribution in [1.82, 2.24) is 15.1 Å². The number of esters is 1. The number of fused-ring (bicyclic) bond motifs is 1. The van der Waals surface area contributed by atoms with Crippen molar-refractivity contribution in [3.8, 4) is 0 Å². The summed E-state index contributed by atoms with van der Waals surface area (Å²) < 4.78 is 5.29. The minimum absolute atomic E-state index is 0.0500. The van der Waals surface area contributed by atoms with E-state index in [1.807, 2.05) is 6.07 Å². The number of imide groups is 1. The quantitative estimate of drug-likeness (QED) is 0.466. The van der Waals surface area contributed by atoms with Gasteiger partial charge in [0.05, 0.1) is 17.5 Å². The molecule has 2 atom stereocenters. The maximum atomic E-state index is 13.5. The van der Waals surface area contributed by atoms with Crippen molar-refractivity contribution < 1.29 is 33.8 Å². The van der Waals surface area contributed by atoms with Gasteiger partial charge in [-0.2, -0.15) is 0 Å². The first-order valence-electron chi connectivity index (χ1n) is 10.8. The summed E-state index contributed by atoms with van der Waals surface area (Å²) in [6, 6.07) is 13.5. The Morgan fingerprint density at radius 3 is 2.24 bits per heavy atom. The molecule has 0 aromatic heterocycles. The third-order valence-corrected chi connectivity index (χ3v) is 5.81. The smallest absolute Gasteiger partial charge is 0.408 e. The highest BCUT2D eigenvalue weighted by Gasteiger charge is 2.47. The van der Waals surface area contributed by atoms with E-state index in [0.29, 0.717) is 13.0 Å². The van der Waals surface area contributed by atoms with Gasteiger partial charge in [0, 0.05) is 6.54 Å². The summed E-state index contributed by atoms with van der Waals surface area (Å²) in [6.07, 6.45) is -2.73. The van der Waals surface area contributed by atoms with E-state index < -0.39 is 48.3 Å². The lowest BCUT2D eigenvalue weighted by atomic mass is 10.0. The lowest BCUT2D eigenvalue weighted by Gasteiger charge is -2.36. The molecule has 0 aliphatic carbocycles. The van der Waals surface area contributed by atoms with Crippen LogP contribution in [0.2, 0.25) is 0 Å². The molecule has 2 aromatic rings. The second kappa shape index (κ2) is 9.84. The number of rotatable bonds is 7. The molecule has 1 saturated heterocycles. The van der Waals surface area contributed by atoms with Crippen molar-refractivity contribution in [2.45, 2.75) is 31.7 Å². The fourth-order valence-electron chi connectivity index (χ4n) is 4.13. The topological polar surface area (TPSA) is 133 Å². The summed E-state index contributed by atoms with van der Waals surface area (Å²) in [6.45, 7) is 0.422. The van der Waals surface area contributed by atoms with Crippen molar-refractivity contribution in [2.75, 3.05) is 13.1 Å². The van der Waals surface area contributed by atoms with Crippen molar-refractivity contribution in [3.05, 3.63) is 71.3 Å². The number of ether oxygens (including phenoxy) is 1. The average Bonchev–Trinajstić information content (AvgIpc) is 3.11. The SMILES string of the molecule is O=C(CC(C(=O)C1NCCCN1C(=O)O)N1C(=O)c2ccccc2C1=O)OCc1ccccc1. The van der Waals surface area contributed by atoms with Crippen molar-refractivity contribution in [3.63, 3.8) is 0 Å². The standard InChI is InChI=1S/C24H23N3O7/c28-19(34-14-15-7-2-1-3-8-15)13-18(20(29)21-25-11-6-12-26(21)24(32)33)27-22(30)16-9-4-5-10-17(16)23(27)31/h1-5,7-10,18,21,25H,6,11-14H2,(H,32,33). The van der Waals surface area contributed by atoms with Crippen LogP contribution in [0.1, 0.15) is 39.1 Å². The van der Waals surface area contributed by atoms with Crippen molar-refractivity contribution >= 4 is 29.7 Å². The van der Waals surface area contributed by atoms with E-state index in [1.54, 1.807) is 36.4 Å². The molecule has 10 nitrogen and oxygen atoms in total. The number of nitrogens with zero attached hydrogens (tertiary/aromatic N) is 2. The number of benzene rings is 2. The van der Waals surface area contributed by atoms with Gasteiger partial charge in [0.15, 0.2) is 5.78 Å². The first kappa shape index (κ1) is 23.1. The maximum absolute atomic E-state index is 13.5. The van der Waals surface area contributed by atoms with Gasteiger partial charge < -0.3 is 9.84 Å². The molecule has 34 heavy (non-hydrogen) atoms. The van der Waals surface area contributed by atoms with Crippen molar-refractivity contribution in [2.24, 2.45) is 0 Å². The Hall–Kier alpha value is -4.05. The predicted octanol–water partition coefficient (Wildman–Crippen LogP) is 1.65. The monoisotopic (exact) mass is 465 g/mol. The Morgan fingerprint density at radius 1 is 1.00 bits per heavy atom. The van der Waals surface area contributed by atoms with Crippen LogP contribution in [0.5, 0.6) is 0 Å². The zero-order chi connectivity index (χ0) is 24.2. The van der Waals surface area contributed by atoms with Gasteiger partial charge in [-0.3, -0.25) is 34.3 Å². The van der Waals surface area contributed by atoms with Gasteiger partial charge in [-0.1, -0.05) is 42.5 Å². The minimum Gasteiger partial charge on any atom is -0.465 e. The molecule has 3 amide bonds. The number of ketones is 1. The van der Waals surface area contributed by atoms with Crippen molar-refractivity contribution in [1.29, 1.82) is 0 Å². The van der Waals surface area contributed by atoms with E-state index in [-0.39, 0.29) is 24.3 Å². The molecule has 2 aliphatic rings. The molecule has 0 spiro atoms. The molecule has 0 saturated carbocycles. The van der Waals surface area contributed by atoms with Gasteiger partial charge in [0.25, 0.3) is 11.8 Å². The van der Waals surface area contributed by atoms with Gasteiger partial charge >= 0.3 is 12.1 Å². The van der Waals surface area contributed by atoms with E-state index >= 15 is 0 Å². The molecule has 4 rings (SSSR count). The Kier molecular flexibility index (Phi) is 6.69. The van der Waals surface area contributed by atoms with Crippen LogP contribution in [0.15, 0.2) is 54.6 Å². The average molecular weight is 465 g/mol. The summed E-state index contributed by atoms with van der Waals surface area (Å²) in [4.78, 5) is 65.7. The van der Waals surface area contributed by atoms with E-state index in [1.165, 1.54) is 12.1 Å². The summed E-state index contributed by atoms with van der Waals surface area (Å²) in [5.74, 6) is -3.00. The number of carboxylic acid groups (broad SMARTS) is 1. The van der Waals surface area contributed by atoms with Crippen LogP contribution < -0.4 is 5.32 Å². The maximum Gasteiger partial charge on any atom is 0.408 e. The second-order valence-corrected chi connectivity index (χ2v) is 7.98. The van der Waals surface area contributed by atoms with Crippen LogP contribution in [-0.2, 0) is 20.9 Å². The molecule has 2 aromatic carbocycles. The van der Waals surface area contributed by atoms with Gasteiger partial charge in [-0.15, -0.1) is 0 Å². The number of hydrogen-bond donors (Lipinski definition) is 2. The van der Waals surface area contributed by atoms with Gasteiger partial charge in [-0.25, -0.2) is 4.79 Å². The lowest BCUT2D eigenvalue weighted by molar-refractivity contribution is -0.148. The van der Waals surface area contributed by atoms with Crippen LogP contribution in [0.3, 0.4) is 0 Å². The number of Topliss-reactive ketones (excluding diaryl/α,β-unsaturated/α-hetero) is 1. The normalized spacial score (nSPS) is 18.4. The largest absolute Gasteiger partial charge is 0.465 e. The van der Waals surface area contributed by atoms with E-state index in [2.05, 4.69) is 5.32 Å². The number of nitrogens with one attached hydrogen (secondary N) is 1. The highest BCUT2D eigenvalue weighted by atomic mass is 16.5. The fourth-order valence-corrected chi connectivity index (χ4v) is 4.13. The lowest BCUT2D eigenvalue weighted by Crippen LogP contribution is -2.62. The summed E-state index contributed by atoms with van der Waals surface area (Å²) >= 11 is 0. The van der Waals surface area contributed by atoms with E-state index in [4.69, 9.17) is 4.74 Å². The molecular formula is C24H23N3O7. The molecule has 10 heteroatoms. The van der Waals surface area contributed by atoms with Crippen LogP contribution >= 0.6 is 0 Å². The van der Waals surface area contributed by atoms with Crippen LogP contribution in [0.4, 0.5) is 4.79 Å². The van der Waals surface area contributed by atoms with E-state index in [9.17, 15) is 29.1 Å². The molecule has 176 valence electrons. The predicted molar refractivity (Wildman–Crippen MR) is 118 cm³/mol. The third-order valence-electron chi connectivity index (χ3n) is 5.81. The van der Waals surface area contributed by atoms with Crippen LogP contribution in [0.25, 0.3) is 0 Å². The Bertz CT molecular complexity index is 1100. The molecule has 2 unspecified atom stereocenters. The summed E-state index contributed by atoms with van der Waals surface area (Å²) in [5.41, 5.74) is 0.967. The van der Waals surface area contributed by atoms with Gasteiger partial charge in [0.2, 0.25) is 0 Å². The highest BCUT2D eigenvalue weighted by molar-refractivity contribution is 6.23. The molecule has 1 fully saturated rings. The third kappa shape index (κ3) is 4.53. The molecule has 2 N–H and O–H groups in total. The van der Waals surface area contributed by atoms with Gasteiger partial charge in [-0.05, 0) is 30.7 Å². The highest BCUT2D eigenvalue weighted by Crippen LogP contribution is 2.27. The first-order chi connectivity index (χ1) is 16.4. The Labute approximate surface area is 195 Å². The molecule has 0 bridgehead atoms. The Morgan fingerprint density at radius 2 is 1.62 bits per heavy atom. The number of carbonyl (C=O) groups is 5. The molecule has 2 aliphatic heterocycles.